The van der Waals surface area contributed by atoms with Crippen molar-refractivity contribution in [1.82, 2.24) is 9.47 Å². The molecular formula is C23H24N2O3. The highest BCUT2D eigenvalue weighted by Gasteiger charge is 2.32. The Labute approximate surface area is 164 Å². The van der Waals surface area contributed by atoms with Gasteiger partial charge >= 0.3 is 5.97 Å². The van der Waals surface area contributed by atoms with E-state index < -0.39 is 5.97 Å². The third-order valence-corrected chi connectivity index (χ3v) is 5.50. The van der Waals surface area contributed by atoms with Crippen molar-refractivity contribution in [3.8, 4) is 0 Å². The summed E-state index contributed by atoms with van der Waals surface area (Å²) in [6.07, 6.45) is 2.76. The Morgan fingerprint density at radius 1 is 1.11 bits per heavy atom. The molecule has 1 aliphatic rings. The zero-order chi connectivity index (χ0) is 19.7. The van der Waals surface area contributed by atoms with Gasteiger partial charge in [0.05, 0.1) is 11.1 Å². The first-order chi connectivity index (χ1) is 13.6. The summed E-state index contributed by atoms with van der Waals surface area (Å²) in [6.45, 7) is 4.02. The van der Waals surface area contributed by atoms with E-state index in [0.29, 0.717) is 24.3 Å². The second kappa shape index (κ2) is 7.50. The van der Waals surface area contributed by atoms with Gasteiger partial charge in [0.25, 0.3) is 5.91 Å². The standard InChI is InChI=1S/C23H24N2O3/c1-2-3-13-24-14-12-18-17-10-7-11-19(23(27)28)20(17)25(21(18)22(24)26)15-16-8-5-4-6-9-16/h4-11H,2-3,12-15H2,1H3,(H,27,28). The molecule has 28 heavy (non-hydrogen) atoms. The summed E-state index contributed by atoms with van der Waals surface area (Å²) in [7, 11) is 0. The fourth-order valence-corrected chi connectivity index (χ4v) is 4.13. The van der Waals surface area contributed by atoms with Crippen LogP contribution in [-0.4, -0.2) is 39.5 Å². The van der Waals surface area contributed by atoms with Gasteiger partial charge in [-0.05, 0) is 30.0 Å². The lowest BCUT2D eigenvalue weighted by Crippen LogP contribution is -2.39. The smallest absolute Gasteiger partial charge is 0.337 e. The van der Waals surface area contributed by atoms with E-state index in [0.717, 1.165) is 42.3 Å². The van der Waals surface area contributed by atoms with Crippen LogP contribution in [0.3, 0.4) is 0 Å². The van der Waals surface area contributed by atoms with Crippen LogP contribution in [0.5, 0.6) is 0 Å². The van der Waals surface area contributed by atoms with E-state index in [1.54, 1.807) is 12.1 Å². The molecule has 2 heterocycles. The van der Waals surface area contributed by atoms with Crippen molar-refractivity contribution in [3.63, 3.8) is 0 Å². The minimum atomic E-state index is -0.968. The van der Waals surface area contributed by atoms with Crippen LogP contribution in [0.15, 0.2) is 48.5 Å². The maximum atomic E-state index is 13.3. The van der Waals surface area contributed by atoms with Crippen LogP contribution < -0.4 is 0 Å². The summed E-state index contributed by atoms with van der Waals surface area (Å²) in [5, 5.41) is 10.6. The SMILES string of the molecule is CCCCN1CCc2c(n(Cc3ccccc3)c3c(C(=O)O)cccc23)C1=O. The number of nitrogens with zero attached hydrogens (tertiary/aromatic N) is 2. The number of aromatic carboxylic acids is 1. The van der Waals surface area contributed by atoms with Gasteiger partial charge < -0.3 is 14.6 Å². The van der Waals surface area contributed by atoms with Gasteiger partial charge in [-0.25, -0.2) is 4.79 Å². The number of fused-ring (bicyclic) bond motifs is 3. The quantitative estimate of drug-likeness (QED) is 0.702. The number of hydrogen-bond acceptors (Lipinski definition) is 2. The molecular weight excluding hydrogens is 352 g/mol. The van der Waals surface area contributed by atoms with E-state index in [2.05, 4.69) is 6.92 Å². The van der Waals surface area contributed by atoms with Crippen LogP contribution >= 0.6 is 0 Å². The van der Waals surface area contributed by atoms with Crippen LogP contribution in [-0.2, 0) is 13.0 Å². The maximum Gasteiger partial charge on any atom is 0.337 e. The van der Waals surface area contributed by atoms with Gasteiger partial charge in [-0.1, -0.05) is 55.8 Å². The zero-order valence-corrected chi connectivity index (χ0v) is 16.0. The molecule has 144 valence electrons. The van der Waals surface area contributed by atoms with Crippen molar-refractivity contribution in [2.45, 2.75) is 32.7 Å². The molecule has 0 bridgehead atoms. The van der Waals surface area contributed by atoms with Crippen molar-refractivity contribution in [2.24, 2.45) is 0 Å². The van der Waals surface area contributed by atoms with E-state index in [4.69, 9.17) is 0 Å². The number of para-hydroxylation sites is 1. The van der Waals surface area contributed by atoms with Crippen LogP contribution in [0.25, 0.3) is 10.9 Å². The van der Waals surface area contributed by atoms with Crippen molar-refractivity contribution >= 4 is 22.8 Å². The largest absolute Gasteiger partial charge is 0.478 e. The third kappa shape index (κ3) is 3.07. The topological polar surface area (TPSA) is 62.5 Å². The third-order valence-electron chi connectivity index (χ3n) is 5.50. The Balaban J connectivity index is 1.92. The fraction of sp³-hybridized carbons (Fsp3) is 0.304. The van der Waals surface area contributed by atoms with E-state index >= 15 is 0 Å². The molecule has 1 N–H and O–H groups in total. The average Bonchev–Trinajstić information content (AvgIpc) is 3.02. The van der Waals surface area contributed by atoms with Crippen LogP contribution in [0.2, 0.25) is 0 Å². The average molecular weight is 376 g/mol. The van der Waals surface area contributed by atoms with Crippen LogP contribution in [0.4, 0.5) is 0 Å². The molecule has 0 fully saturated rings. The minimum Gasteiger partial charge on any atom is -0.478 e. The van der Waals surface area contributed by atoms with Gasteiger partial charge in [-0.3, -0.25) is 4.79 Å². The van der Waals surface area contributed by atoms with Crippen molar-refractivity contribution in [3.05, 3.63) is 70.9 Å². The van der Waals surface area contributed by atoms with E-state index in [-0.39, 0.29) is 11.5 Å². The van der Waals surface area contributed by atoms with E-state index in [1.165, 1.54) is 0 Å². The zero-order valence-electron chi connectivity index (χ0n) is 16.0. The number of rotatable bonds is 6. The first-order valence-electron chi connectivity index (χ1n) is 9.82. The van der Waals surface area contributed by atoms with E-state index in [1.807, 2.05) is 45.9 Å². The van der Waals surface area contributed by atoms with Crippen LogP contribution in [0.1, 0.15) is 51.7 Å². The normalized spacial score (nSPS) is 13.8. The summed E-state index contributed by atoms with van der Waals surface area (Å²) in [5.41, 5.74) is 3.56. The van der Waals surface area contributed by atoms with Gasteiger partial charge in [-0.2, -0.15) is 0 Å². The predicted octanol–water partition coefficient (Wildman–Crippen LogP) is 4.19. The molecule has 0 unspecified atom stereocenters. The summed E-state index contributed by atoms with van der Waals surface area (Å²) >= 11 is 0. The molecule has 0 saturated carbocycles. The lowest BCUT2D eigenvalue weighted by atomic mass is 10.0. The molecule has 5 nitrogen and oxygen atoms in total. The molecule has 3 aromatic rings. The molecule has 0 atom stereocenters. The van der Waals surface area contributed by atoms with Gasteiger partial charge in [0.2, 0.25) is 0 Å². The second-order valence-electron chi connectivity index (χ2n) is 7.30. The number of carboxylic acids is 1. The highest BCUT2D eigenvalue weighted by Crippen LogP contribution is 2.33. The van der Waals surface area contributed by atoms with Gasteiger partial charge in [0.15, 0.2) is 0 Å². The molecule has 0 spiro atoms. The lowest BCUT2D eigenvalue weighted by molar-refractivity contribution is 0.0694. The minimum absolute atomic E-state index is 0.0122. The molecule has 1 amide bonds. The number of aromatic nitrogens is 1. The molecule has 0 radical (unpaired) electrons. The highest BCUT2D eigenvalue weighted by molar-refractivity contribution is 6.09. The number of amides is 1. The fourth-order valence-electron chi connectivity index (χ4n) is 4.13. The Bertz CT molecular complexity index is 1040. The second-order valence-corrected chi connectivity index (χ2v) is 7.30. The van der Waals surface area contributed by atoms with Gasteiger partial charge in [-0.15, -0.1) is 0 Å². The van der Waals surface area contributed by atoms with Gasteiger partial charge in [0.1, 0.15) is 5.69 Å². The molecule has 2 aromatic carbocycles. The molecule has 4 rings (SSSR count). The van der Waals surface area contributed by atoms with Crippen molar-refractivity contribution in [1.29, 1.82) is 0 Å². The first kappa shape index (κ1) is 18.3. The molecule has 1 aliphatic heterocycles. The number of benzene rings is 2. The maximum absolute atomic E-state index is 13.3. The Kier molecular flexibility index (Phi) is 4.90. The Morgan fingerprint density at radius 3 is 2.61 bits per heavy atom. The highest BCUT2D eigenvalue weighted by atomic mass is 16.4. The lowest BCUT2D eigenvalue weighted by Gasteiger charge is -2.28. The summed E-state index contributed by atoms with van der Waals surface area (Å²) < 4.78 is 1.92. The molecule has 5 heteroatoms. The van der Waals surface area contributed by atoms with E-state index in [9.17, 15) is 14.7 Å². The molecule has 1 aromatic heterocycles. The number of unbranched alkanes of at least 4 members (excludes halogenated alkanes) is 1. The van der Waals surface area contributed by atoms with Crippen molar-refractivity contribution in [2.75, 3.05) is 13.1 Å². The predicted molar refractivity (Wildman–Crippen MR) is 109 cm³/mol. The monoisotopic (exact) mass is 376 g/mol. The Hall–Kier alpha value is -3.08. The number of hydrogen-bond donors (Lipinski definition) is 1. The summed E-state index contributed by atoms with van der Waals surface area (Å²) in [6, 6.07) is 15.2. The number of carbonyl (C=O) groups excluding carboxylic acids is 1. The Morgan fingerprint density at radius 2 is 1.89 bits per heavy atom. The van der Waals surface area contributed by atoms with Gasteiger partial charge in [0, 0.05) is 25.0 Å². The number of carbonyl (C=O) groups is 2. The summed E-state index contributed by atoms with van der Waals surface area (Å²) in [4.78, 5) is 27.2. The summed E-state index contributed by atoms with van der Waals surface area (Å²) in [5.74, 6) is -0.955. The first-order valence-corrected chi connectivity index (χ1v) is 9.82. The molecule has 0 aliphatic carbocycles. The molecule has 0 saturated heterocycles. The number of carboxylic acid groups (broad SMARTS) is 1. The van der Waals surface area contributed by atoms with Crippen molar-refractivity contribution < 1.29 is 14.7 Å². The van der Waals surface area contributed by atoms with Crippen LogP contribution in [0, 0.1) is 0 Å².